The van der Waals surface area contributed by atoms with Gasteiger partial charge in [-0.25, -0.2) is 0 Å². The van der Waals surface area contributed by atoms with Crippen LogP contribution in [-0.2, 0) is 4.74 Å². The quantitative estimate of drug-likeness (QED) is 0.742. The van der Waals surface area contributed by atoms with Crippen LogP contribution in [-0.4, -0.2) is 43.4 Å². The number of likely N-dealkylation sites (N-methyl/N-ethyl adjacent to an activating group) is 1. The zero-order valence-electron chi connectivity index (χ0n) is 12.9. The molecule has 1 aromatic rings. The van der Waals surface area contributed by atoms with Crippen LogP contribution in [0, 0.1) is 19.8 Å². The topological polar surface area (TPSA) is 32.7 Å². The van der Waals surface area contributed by atoms with Gasteiger partial charge in [-0.15, -0.1) is 0 Å². The summed E-state index contributed by atoms with van der Waals surface area (Å²) >= 11 is 0. The molecule has 0 bridgehead atoms. The molecule has 1 saturated carbocycles. The van der Waals surface area contributed by atoms with E-state index in [0.29, 0.717) is 6.54 Å². The van der Waals surface area contributed by atoms with E-state index in [2.05, 4.69) is 30.9 Å². The number of hydrogen-bond acceptors (Lipinski definition) is 3. The Morgan fingerprint density at radius 2 is 2.10 bits per heavy atom. The molecule has 0 aliphatic heterocycles. The van der Waals surface area contributed by atoms with Crippen molar-refractivity contribution >= 4 is 0 Å². The van der Waals surface area contributed by atoms with Gasteiger partial charge in [0.25, 0.3) is 0 Å². The number of aryl methyl sites for hydroxylation is 2. The first-order valence-electron chi connectivity index (χ1n) is 7.57. The van der Waals surface area contributed by atoms with Crippen LogP contribution >= 0.6 is 0 Å². The van der Waals surface area contributed by atoms with Crippen molar-refractivity contribution in [1.82, 2.24) is 4.90 Å². The molecule has 0 saturated heterocycles. The van der Waals surface area contributed by atoms with E-state index in [9.17, 15) is 5.11 Å². The molecule has 1 unspecified atom stereocenters. The van der Waals surface area contributed by atoms with Crippen LogP contribution in [0.1, 0.15) is 35.6 Å². The van der Waals surface area contributed by atoms with Crippen LogP contribution < -0.4 is 0 Å². The van der Waals surface area contributed by atoms with Crippen LogP contribution in [0.15, 0.2) is 18.2 Å². The Morgan fingerprint density at radius 3 is 2.75 bits per heavy atom. The van der Waals surface area contributed by atoms with Gasteiger partial charge in [0.15, 0.2) is 0 Å². The standard InChI is InChI=1S/C17H27NO2/c1-13-4-7-16(14(2)10-13)17(19)11-18(3)8-9-20-12-15-5-6-15/h4,7,10,15,17,19H,5-6,8-9,11-12H2,1-3H3. The van der Waals surface area contributed by atoms with E-state index in [1.54, 1.807) is 0 Å². The molecule has 0 aromatic heterocycles. The smallest absolute Gasteiger partial charge is 0.0919 e. The fourth-order valence-corrected chi connectivity index (χ4v) is 2.44. The molecule has 20 heavy (non-hydrogen) atoms. The van der Waals surface area contributed by atoms with Crippen molar-refractivity contribution in [3.8, 4) is 0 Å². The van der Waals surface area contributed by atoms with Crippen LogP contribution in [0.4, 0.5) is 0 Å². The molecule has 2 rings (SSSR count). The number of ether oxygens (including phenoxy) is 1. The van der Waals surface area contributed by atoms with Crippen LogP contribution in [0.5, 0.6) is 0 Å². The van der Waals surface area contributed by atoms with Gasteiger partial charge in [0, 0.05) is 19.7 Å². The van der Waals surface area contributed by atoms with Crippen LogP contribution in [0.3, 0.4) is 0 Å². The highest BCUT2D eigenvalue weighted by atomic mass is 16.5. The minimum atomic E-state index is -0.427. The normalized spacial score (nSPS) is 16.6. The molecule has 1 N–H and O–H groups in total. The summed E-state index contributed by atoms with van der Waals surface area (Å²) in [6.45, 7) is 7.32. The van der Waals surface area contributed by atoms with Gasteiger partial charge in [0.2, 0.25) is 0 Å². The van der Waals surface area contributed by atoms with Crippen molar-refractivity contribution in [2.24, 2.45) is 5.92 Å². The monoisotopic (exact) mass is 277 g/mol. The van der Waals surface area contributed by atoms with Crippen molar-refractivity contribution in [2.45, 2.75) is 32.8 Å². The summed E-state index contributed by atoms with van der Waals surface area (Å²) in [7, 11) is 2.03. The van der Waals surface area contributed by atoms with Gasteiger partial charge >= 0.3 is 0 Å². The first-order chi connectivity index (χ1) is 9.56. The summed E-state index contributed by atoms with van der Waals surface area (Å²) in [5.74, 6) is 0.820. The van der Waals surface area contributed by atoms with E-state index in [0.717, 1.165) is 36.8 Å². The van der Waals surface area contributed by atoms with Crippen LogP contribution in [0.25, 0.3) is 0 Å². The molecule has 1 aliphatic carbocycles. The Kier molecular flexibility index (Phi) is 5.58. The Hall–Kier alpha value is -0.900. The van der Waals surface area contributed by atoms with Gasteiger partial charge in [0.1, 0.15) is 0 Å². The second-order valence-corrected chi connectivity index (χ2v) is 6.16. The summed E-state index contributed by atoms with van der Waals surface area (Å²) in [5, 5.41) is 10.3. The minimum Gasteiger partial charge on any atom is -0.387 e. The predicted octanol–water partition coefficient (Wildman–Crippen LogP) is 2.70. The van der Waals surface area contributed by atoms with Crippen molar-refractivity contribution in [3.63, 3.8) is 0 Å². The highest BCUT2D eigenvalue weighted by Gasteiger charge is 2.21. The average Bonchev–Trinajstić information content (AvgIpc) is 3.18. The predicted molar refractivity (Wildman–Crippen MR) is 81.9 cm³/mol. The average molecular weight is 277 g/mol. The third-order valence-corrected chi connectivity index (χ3v) is 3.94. The molecule has 112 valence electrons. The van der Waals surface area contributed by atoms with Gasteiger partial charge in [0.05, 0.1) is 12.7 Å². The second-order valence-electron chi connectivity index (χ2n) is 6.16. The number of aliphatic hydroxyl groups excluding tert-OH is 1. The first kappa shape index (κ1) is 15.5. The summed E-state index contributed by atoms with van der Waals surface area (Å²) in [5.41, 5.74) is 3.43. The summed E-state index contributed by atoms with van der Waals surface area (Å²) < 4.78 is 5.63. The van der Waals surface area contributed by atoms with E-state index in [4.69, 9.17) is 4.74 Å². The number of nitrogens with zero attached hydrogens (tertiary/aromatic N) is 1. The van der Waals surface area contributed by atoms with Gasteiger partial charge in [-0.3, -0.25) is 0 Å². The van der Waals surface area contributed by atoms with E-state index < -0.39 is 6.10 Å². The molecule has 0 radical (unpaired) electrons. The van der Waals surface area contributed by atoms with Crippen molar-refractivity contribution < 1.29 is 9.84 Å². The van der Waals surface area contributed by atoms with Gasteiger partial charge in [-0.2, -0.15) is 0 Å². The molecule has 0 spiro atoms. The Morgan fingerprint density at radius 1 is 1.35 bits per heavy atom. The molecule has 1 atom stereocenters. The lowest BCUT2D eigenvalue weighted by Gasteiger charge is -2.22. The number of rotatable bonds is 8. The summed E-state index contributed by atoms with van der Waals surface area (Å²) in [6.07, 6.45) is 2.24. The Labute approximate surface area is 122 Å². The van der Waals surface area contributed by atoms with Crippen molar-refractivity contribution in [1.29, 1.82) is 0 Å². The van der Waals surface area contributed by atoms with Gasteiger partial charge in [-0.1, -0.05) is 23.8 Å². The maximum absolute atomic E-state index is 10.3. The molecular formula is C17H27NO2. The lowest BCUT2D eigenvalue weighted by molar-refractivity contribution is 0.0793. The first-order valence-corrected chi connectivity index (χ1v) is 7.57. The molecule has 3 heteroatoms. The molecule has 1 aliphatic rings. The maximum atomic E-state index is 10.3. The fraction of sp³-hybridized carbons (Fsp3) is 0.647. The highest BCUT2D eigenvalue weighted by Crippen LogP contribution is 2.28. The third-order valence-electron chi connectivity index (χ3n) is 3.94. The van der Waals surface area contributed by atoms with Crippen molar-refractivity contribution in [3.05, 3.63) is 34.9 Å². The lowest BCUT2D eigenvalue weighted by Crippen LogP contribution is -2.28. The van der Waals surface area contributed by atoms with Gasteiger partial charge in [-0.05, 0) is 50.8 Å². The van der Waals surface area contributed by atoms with Crippen molar-refractivity contribution in [2.75, 3.05) is 33.4 Å². The van der Waals surface area contributed by atoms with Gasteiger partial charge < -0.3 is 14.7 Å². The Balaban J connectivity index is 1.72. The molecule has 3 nitrogen and oxygen atoms in total. The molecule has 0 amide bonds. The number of aliphatic hydroxyl groups is 1. The van der Waals surface area contributed by atoms with Crippen LogP contribution in [0.2, 0.25) is 0 Å². The maximum Gasteiger partial charge on any atom is 0.0919 e. The summed E-state index contributed by atoms with van der Waals surface area (Å²) in [6, 6.07) is 6.22. The Bertz CT molecular complexity index is 429. The second kappa shape index (κ2) is 7.21. The zero-order chi connectivity index (χ0) is 14.5. The fourth-order valence-electron chi connectivity index (χ4n) is 2.44. The molecule has 1 fully saturated rings. The van der Waals surface area contributed by atoms with E-state index >= 15 is 0 Å². The largest absolute Gasteiger partial charge is 0.387 e. The molecular weight excluding hydrogens is 250 g/mol. The molecule has 0 heterocycles. The van der Waals surface area contributed by atoms with E-state index in [-0.39, 0.29) is 0 Å². The van der Waals surface area contributed by atoms with E-state index in [1.807, 2.05) is 13.1 Å². The molecule has 1 aromatic carbocycles. The SMILES string of the molecule is Cc1ccc(C(O)CN(C)CCOCC2CC2)c(C)c1. The minimum absolute atomic E-state index is 0.427. The number of benzene rings is 1. The highest BCUT2D eigenvalue weighted by molar-refractivity contribution is 5.32. The number of hydrogen-bond donors (Lipinski definition) is 1. The lowest BCUT2D eigenvalue weighted by atomic mass is 10.0. The summed E-state index contributed by atoms with van der Waals surface area (Å²) in [4.78, 5) is 2.14. The van der Waals surface area contributed by atoms with E-state index in [1.165, 1.54) is 18.4 Å². The third kappa shape index (κ3) is 4.89. The zero-order valence-corrected chi connectivity index (χ0v) is 12.9.